The fraction of sp³-hybridized carbons (Fsp3) is 0.519. The number of hydrogen-bond donors (Lipinski definition) is 0. The molecule has 1 aromatic carbocycles. The Balaban J connectivity index is 1.32. The molecule has 2 bridgehead atoms. The molecule has 2 aliphatic heterocycles. The molecule has 6 rings (SSSR count). The summed E-state index contributed by atoms with van der Waals surface area (Å²) in [6.45, 7) is 5.25. The lowest BCUT2D eigenvalue weighted by Crippen LogP contribution is -2.56. The van der Waals surface area contributed by atoms with E-state index < -0.39 is 0 Å². The molecule has 0 saturated carbocycles. The lowest BCUT2D eigenvalue weighted by Gasteiger charge is -2.43. The first-order valence-electron chi connectivity index (χ1n) is 12.6. The lowest BCUT2D eigenvalue weighted by atomic mass is 9.69. The van der Waals surface area contributed by atoms with Crippen molar-refractivity contribution < 1.29 is 9.53 Å². The van der Waals surface area contributed by atoms with Crippen LogP contribution in [0.2, 0.25) is 5.02 Å². The van der Waals surface area contributed by atoms with Crippen LogP contribution in [0, 0.1) is 0 Å². The Morgan fingerprint density at radius 1 is 1.23 bits per heavy atom. The molecule has 6 nitrogen and oxygen atoms in total. The molecule has 2 saturated heterocycles. The summed E-state index contributed by atoms with van der Waals surface area (Å²) < 4.78 is 5.33. The quantitative estimate of drug-likeness (QED) is 0.320. The fourth-order valence-electron chi connectivity index (χ4n) is 6.85. The van der Waals surface area contributed by atoms with Gasteiger partial charge in [0.05, 0.1) is 5.69 Å². The van der Waals surface area contributed by atoms with Gasteiger partial charge in [0.25, 0.3) is 0 Å². The van der Waals surface area contributed by atoms with Crippen molar-refractivity contribution in [3.63, 3.8) is 0 Å². The van der Waals surface area contributed by atoms with Gasteiger partial charge < -0.3 is 14.5 Å². The van der Waals surface area contributed by atoms with E-state index in [1.165, 1.54) is 22.4 Å². The summed E-state index contributed by atoms with van der Waals surface area (Å²) >= 11 is 8.18. The second-order valence-corrected chi connectivity index (χ2v) is 11.4. The molecular formula is C27H31ClN4O2S. The van der Waals surface area contributed by atoms with Crippen LogP contribution in [0.15, 0.2) is 36.0 Å². The van der Waals surface area contributed by atoms with Crippen LogP contribution in [0.5, 0.6) is 0 Å². The zero-order chi connectivity index (χ0) is 24.2. The van der Waals surface area contributed by atoms with E-state index in [4.69, 9.17) is 26.3 Å². The molecule has 184 valence electrons. The molecule has 35 heavy (non-hydrogen) atoms. The molecule has 3 heterocycles. The monoisotopic (exact) mass is 510 g/mol. The number of likely N-dealkylation sites (tertiary alicyclic amines) is 1. The average molecular weight is 511 g/mol. The van der Waals surface area contributed by atoms with E-state index in [0.717, 1.165) is 60.9 Å². The minimum absolute atomic E-state index is 0.126. The number of carbonyl (C=O) groups is 1. The van der Waals surface area contributed by atoms with Crippen molar-refractivity contribution in [2.45, 2.75) is 67.6 Å². The van der Waals surface area contributed by atoms with E-state index in [2.05, 4.69) is 29.9 Å². The van der Waals surface area contributed by atoms with Gasteiger partial charge in [-0.05, 0) is 68.4 Å². The van der Waals surface area contributed by atoms with Gasteiger partial charge >= 0.3 is 6.09 Å². The van der Waals surface area contributed by atoms with Gasteiger partial charge in [-0.25, -0.2) is 14.8 Å². The van der Waals surface area contributed by atoms with Crippen molar-refractivity contribution in [2.24, 2.45) is 0 Å². The predicted molar refractivity (Wildman–Crippen MR) is 140 cm³/mol. The van der Waals surface area contributed by atoms with E-state index in [1.807, 2.05) is 11.0 Å². The van der Waals surface area contributed by atoms with E-state index in [-0.39, 0.29) is 30.2 Å². The Hall–Kier alpha value is -2.25. The summed E-state index contributed by atoms with van der Waals surface area (Å²) in [6, 6.07) is 6.92. The molecule has 2 fully saturated rings. The number of amides is 1. The topological polar surface area (TPSA) is 58.6 Å². The number of rotatable bonds is 4. The number of fused-ring (bicyclic) bond motifs is 5. The molecule has 0 N–H and O–H groups in total. The Morgan fingerprint density at radius 3 is 2.69 bits per heavy atom. The number of anilines is 1. The van der Waals surface area contributed by atoms with Crippen LogP contribution < -0.4 is 4.90 Å². The van der Waals surface area contributed by atoms with Crippen molar-refractivity contribution in [3.05, 3.63) is 58.3 Å². The Morgan fingerprint density at radius 2 is 1.97 bits per heavy atom. The van der Waals surface area contributed by atoms with E-state index in [0.29, 0.717) is 13.1 Å². The van der Waals surface area contributed by atoms with Crippen LogP contribution in [0.25, 0.3) is 0 Å². The smallest absolute Gasteiger partial charge is 0.410 e. The van der Waals surface area contributed by atoms with Crippen LogP contribution in [-0.2, 0) is 29.4 Å². The third-order valence-corrected chi connectivity index (χ3v) is 9.35. The minimum atomic E-state index is -0.239. The SMILES string of the molecule is C=CCOC(=O)N1CC2CCC(C1)N2c1nc(SC)nc2c1CCC1(CCc3c(Cl)cccc31)C2. The number of carbonyl (C=O) groups excluding carboxylic acids is 1. The molecule has 3 atom stereocenters. The van der Waals surface area contributed by atoms with Crippen LogP contribution in [0.4, 0.5) is 10.6 Å². The number of aromatic nitrogens is 2. The number of ether oxygens (including phenoxy) is 1. The molecule has 2 aliphatic carbocycles. The molecule has 1 amide bonds. The molecule has 2 aromatic rings. The zero-order valence-corrected chi connectivity index (χ0v) is 21.7. The van der Waals surface area contributed by atoms with E-state index in [1.54, 1.807) is 17.8 Å². The standard InChI is InChI=1S/C27H31ClN4O2S/c1-3-13-34-26(33)31-15-17-7-8-18(16-31)32(17)24-20-10-12-27(14-23(20)29-25(30-24)35-2)11-9-19-21(27)5-4-6-22(19)28/h3-6,17-18H,1,7-16H2,2H3. The molecule has 1 spiro atoms. The van der Waals surface area contributed by atoms with Gasteiger partial charge in [0.2, 0.25) is 0 Å². The fourth-order valence-corrected chi connectivity index (χ4v) is 7.49. The van der Waals surface area contributed by atoms with Gasteiger partial charge in [0, 0.05) is 41.2 Å². The van der Waals surface area contributed by atoms with E-state index >= 15 is 0 Å². The number of benzene rings is 1. The Labute approximate surface area is 216 Å². The highest BCUT2D eigenvalue weighted by atomic mass is 35.5. The van der Waals surface area contributed by atoms with Gasteiger partial charge in [0.15, 0.2) is 5.16 Å². The number of piperazine rings is 1. The van der Waals surface area contributed by atoms with Crippen LogP contribution in [-0.4, -0.2) is 59.0 Å². The third-order valence-electron chi connectivity index (χ3n) is 8.45. The largest absolute Gasteiger partial charge is 0.445 e. The molecular weight excluding hydrogens is 480 g/mol. The summed E-state index contributed by atoms with van der Waals surface area (Å²) in [5, 5.41) is 1.74. The van der Waals surface area contributed by atoms with Gasteiger partial charge in [-0.2, -0.15) is 0 Å². The zero-order valence-electron chi connectivity index (χ0n) is 20.1. The van der Waals surface area contributed by atoms with Crippen molar-refractivity contribution >= 4 is 35.3 Å². The second kappa shape index (κ2) is 9.00. The van der Waals surface area contributed by atoms with Crippen molar-refractivity contribution in [2.75, 3.05) is 30.9 Å². The second-order valence-electron chi connectivity index (χ2n) is 10.2. The number of hydrogen-bond acceptors (Lipinski definition) is 6. The van der Waals surface area contributed by atoms with Crippen molar-refractivity contribution in [1.82, 2.24) is 14.9 Å². The summed E-state index contributed by atoms with van der Waals surface area (Å²) in [5.41, 5.74) is 5.39. The van der Waals surface area contributed by atoms with Gasteiger partial charge in [-0.3, -0.25) is 0 Å². The maximum absolute atomic E-state index is 12.5. The first-order chi connectivity index (χ1) is 17.0. The maximum atomic E-state index is 12.5. The van der Waals surface area contributed by atoms with Crippen molar-refractivity contribution in [1.29, 1.82) is 0 Å². The summed E-state index contributed by atoms with van der Waals surface area (Å²) in [4.78, 5) is 27.0. The highest BCUT2D eigenvalue weighted by molar-refractivity contribution is 7.98. The van der Waals surface area contributed by atoms with Crippen LogP contribution >= 0.6 is 23.4 Å². The molecule has 0 radical (unpaired) electrons. The highest BCUT2D eigenvalue weighted by Gasteiger charge is 2.47. The Bertz CT molecular complexity index is 1180. The minimum Gasteiger partial charge on any atom is -0.445 e. The number of nitrogens with zero attached hydrogens (tertiary/aromatic N) is 4. The first kappa shape index (κ1) is 23.2. The number of halogens is 1. The highest BCUT2D eigenvalue weighted by Crippen LogP contribution is 2.50. The molecule has 3 unspecified atom stereocenters. The third kappa shape index (κ3) is 3.82. The van der Waals surface area contributed by atoms with Gasteiger partial charge in [-0.1, -0.05) is 48.2 Å². The first-order valence-corrected chi connectivity index (χ1v) is 14.2. The van der Waals surface area contributed by atoms with E-state index in [9.17, 15) is 4.79 Å². The summed E-state index contributed by atoms with van der Waals surface area (Å²) in [7, 11) is 0. The predicted octanol–water partition coefficient (Wildman–Crippen LogP) is 5.20. The van der Waals surface area contributed by atoms with Crippen molar-refractivity contribution in [3.8, 4) is 0 Å². The van der Waals surface area contributed by atoms with Gasteiger partial charge in [0.1, 0.15) is 12.4 Å². The normalized spacial score (nSPS) is 26.6. The molecule has 8 heteroatoms. The van der Waals surface area contributed by atoms with Gasteiger partial charge in [-0.15, -0.1) is 0 Å². The average Bonchev–Trinajstić information content (AvgIpc) is 3.35. The summed E-state index contributed by atoms with van der Waals surface area (Å²) in [5.74, 6) is 1.10. The molecule has 4 aliphatic rings. The molecule has 1 aromatic heterocycles. The summed E-state index contributed by atoms with van der Waals surface area (Å²) in [6.07, 6.45) is 10.8. The number of thioether (sulfide) groups is 1. The van der Waals surface area contributed by atoms with Crippen LogP contribution in [0.1, 0.15) is 48.1 Å². The Kier molecular flexibility index (Phi) is 5.96. The lowest BCUT2D eigenvalue weighted by molar-refractivity contribution is 0.103. The maximum Gasteiger partial charge on any atom is 0.410 e. The van der Waals surface area contributed by atoms with Crippen LogP contribution in [0.3, 0.4) is 0 Å².